The van der Waals surface area contributed by atoms with Crippen molar-refractivity contribution < 1.29 is 12.3 Å². The second-order valence-electron chi connectivity index (χ2n) is 0.350. The van der Waals surface area contributed by atoms with Crippen molar-refractivity contribution in [3.05, 3.63) is 0 Å². The minimum absolute atomic E-state index is 0. The normalized spacial score (nSPS) is 10.9. The van der Waals surface area contributed by atoms with Crippen molar-refractivity contribution in [2.45, 2.75) is 0 Å². The van der Waals surface area contributed by atoms with Gasteiger partial charge in [-0.15, -0.1) is 0 Å². The van der Waals surface area contributed by atoms with Crippen molar-refractivity contribution in [2.24, 2.45) is 0 Å². The summed E-state index contributed by atoms with van der Waals surface area (Å²) in [5.41, 5.74) is 0. The predicted octanol–water partition coefficient (Wildman–Crippen LogP) is 1.89. The fourth-order valence-corrected chi connectivity index (χ4v) is 0. The van der Waals surface area contributed by atoms with Crippen LogP contribution in [0.3, 0.4) is 0 Å². The van der Waals surface area contributed by atoms with Gasteiger partial charge in [-0.25, -0.2) is 0 Å². The molecule has 0 aliphatic carbocycles. The van der Waals surface area contributed by atoms with Crippen LogP contribution in [0.15, 0.2) is 0 Å². The molecule has 4 N–H and O–H groups in total. The summed E-state index contributed by atoms with van der Waals surface area (Å²) in [7, 11) is 0. The molecule has 0 aromatic carbocycles. The first kappa shape index (κ1) is 16.9. The SMILES string of the molecule is O.O.[I][W]([I])([I])[I]. The zero-order valence-corrected chi connectivity index (χ0v) is 14.5. The Morgan fingerprint density at radius 2 is 0.714 bits per heavy atom. The Hall–Kier alpha value is 3.53. The Morgan fingerprint density at radius 1 is 0.714 bits per heavy atom. The molecule has 2 nitrogen and oxygen atoms in total. The van der Waals surface area contributed by atoms with E-state index in [1.54, 1.807) is 0 Å². The van der Waals surface area contributed by atoms with Crippen molar-refractivity contribution in [1.29, 1.82) is 0 Å². The molecule has 0 radical (unpaired) electrons. The van der Waals surface area contributed by atoms with E-state index in [2.05, 4.69) is 77.4 Å². The molecular weight excluding hydrogens is 723 g/mol. The Labute approximate surface area is 87.1 Å². The van der Waals surface area contributed by atoms with Gasteiger partial charge in [0.1, 0.15) is 0 Å². The average Bonchev–Trinajstić information content (AvgIpc) is 0.722. The van der Waals surface area contributed by atoms with Gasteiger partial charge in [0.25, 0.3) is 0 Å². The zero-order valence-electron chi connectivity index (χ0n) is 2.92. The van der Waals surface area contributed by atoms with Crippen LogP contribution in [0.2, 0.25) is 0 Å². The van der Waals surface area contributed by atoms with E-state index in [4.69, 9.17) is 0 Å². The van der Waals surface area contributed by atoms with E-state index in [0.29, 0.717) is 0 Å². The van der Waals surface area contributed by atoms with E-state index in [0.717, 1.165) is 0 Å². The molecule has 0 spiro atoms. The monoisotopic (exact) mass is 728 g/mol. The summed E-state index contributed by atoms with van der Waals surface area (Å²) >= 11 is 10.2. The van der Waals surface area contributed by atoms with Crippen molar-refractivity contribution in [1.82, 2.24) is 0 Å². The van der Waals surface area contributed by atoms with Gasteiger partial charge in [0, 0.05) is 0 Å². The Kier molecular flexibility index (Phi) is 18.4. The third kappa shape index (κ3) is 43.4. The summed E-state index contributed by atoms with van der Waals surface area (Å²) in [5.74, 6) is 0. The van der Waals surface area contributed by atoms with Crippen molar-refractivity contribution in [3.63, 3.8) is 0 Å². The molecular formula is H4I4O2W. The first-order valence-corrected chi connectivity index (χ1v) is 33.9. The Balaban J connectivity index is -0.0000000800. The third-order valence-electron chi connectivity index (χ3n) is 0. The summed E-state index contributed by atoms with van der Waals surface area (Å²) in [6, 6.07) is 0. The van der Waals surface area contributed by atoms with Crippen LogP contribution < -0.4 is 0 Å². The van der Waals surface area contributed by atoms with Crippen LogP contribution in [-0.2, 0) is 1.33 Å². The maximum atomic E-state index is 2.55. The van der Waals surface area contributed by atoms with E-state index in [1.165, 1.54) is 0 Å². The van der Waals surface area contributed by atoms with E-state index < -0.39 is 1.33 Å². The van der Waals surface area contributed by atoms with E-state index in [1.807, 2.05) is 0 Å². The van der Waals surface area contributed by atoms with Crippen LogP contribution in [0, 0.1) is 0 Å². The number of halogens is 4. The number of hydrogen-bond donors (Lipinski definition) is 0. The molecule has 0 fully saturated rings. The first-order chi connectivity index (χ1) is 2.00. The third-order valence-corrected chi connectivity index (χ3v) is 0. The van der Waals surface area contributed by atoms with Gasteiger partial charge in [-0.3, -0.25) is 0 Å². The molecule has 50 valence electrons. The maximum absolute atomic E-state index is 2.55. The van der Waals surface area contributed by atoms with Gasteiger partial charge in [-0.05, 0) is 0 Å². The van der Waals surface area contributed by atoms with E-state index in [-0.39, 0.29) is 11.0 Å². The summed E-state index contributed by atoms with van der Waals surface area (Å²) < 4.78 is -1.29. The van der Waals surface area contributed by atoms with Crippen LogP contribution in [0.4, 0.5) is 0 Å². The number of hydrogen-bond acceptors (Lipinski definition) is 0. The zero-order chi connectivity index (χ0) is 4.50. The van der Waals surface area contributed by atoms with Gasteiger partial charge in [0.2, 0.25) is 0 Å². The van der Waals surface area contributed by atoms with Gasteiger partial charge in [0.05, 0.1) is 0 Å². The molecule has 0 saturated heterocycles. The number of rotatable bonds is 0. The van der Waals surface area contributed by atoms with Gasteiger partial charge >= 0.3 is 78.7 Å². The summed E-state index contributed by atoms with van der Waals surface area (Å²) in [4.78, 5) is 0. The molecule has 0 rings (SSSR count). The second-order valence-corrected chi connectivity index (χ2v) is 129. The molecule has 0 amide bonds. The molecule has 0 unspecified atom stereocenters. The predicted molar refractivity (Wildman–Crippen MR) is 63.3 cm³/mol. The summed E-state index contributed by atoms with van der Waals surface area (Å²) in [6.45, 7) is 0. The molecule has 0 saturated carbocycles. The molecule has 0 heterocycles. The van der Waals surface area contributed by atoms with Crippen LogP contribution in [0.5, 0.6) is 0 Å². The van der Waals surface area contributed by atoms with E-state index in [9.17, 15) is 0 Å². The molecule has 0 aromatic heterocycles. The summed E-state index contributed by atoms with van der Waals surface area (Å²) in [6.07, 6.45) is 0. The van der Waals surface area contributed by atoms with E-state index >= 15 is 0 Å². The molecule has 0 aliphatic rings. The molecule has 0 atom stereocenters. The standard InChI is InChI=1S/4HI.2H2O.W/h4*1H;2*1H2;/q;;;;;;+4/p-4. The van der Waals surface area contributed by atoms with Crippen LogP contribution in [0.25, 0.3) is 0 Å². The van der Waals surface area contributed by atoms with Crippen LogP contribution >= 0.6 is 77.4 Å². The molecule has 0 bridgehead atoms. The van der Waals surface area contributed by atoms with Gasteiger partial charge in [-0.1, -0.05) is 0 Å². The fraction of sp³-hybridized carbons (Fsp3) is 0. The Morgan fingerprint density at radius 3 is 0.714 bits per heavy atom. The fourth-order valence-electron chi connectivity index (χ4n) is 0. The molecule has 7 heteroatoms. The molecule has 7 heavy (non-hydrogen) atoms. The first-order valence-electron chi connectivity index (χ1n) is 0.617. The van der Waals surface area contributed by atoms with Crippen LogP contribution in [0.1, 0.15) is 0 Å². The van der Waals surface area contributed by atoms with Crippen molar-refractivity contribution in [2.75, 3.05) is 0 Å². The van der Waals surface area contributed by atoms with Crippen LogP contribution in [-0.4, -0.2) is 11.0 Å². The second kappa shape index (κ2) is 7.63. The molecule has 0 aliphatic heterocycles. The minimum atomic E-state index is -1.29. The van der Waals surface area contributed by atoms with Gasteiger partial charge < -0.3 is 11.0 Å². The quantitative estimate of drug-likeness (QED) is 0.343. The van der Waals surface area contributed by atoms with Crippen molar-refractivity contribution in [3.8, 4) is 0 Å². The molecule has 0 aromatic rings. The van der Waals surface area contributed by atoms with Gasteiger partial charge in [-0.2, -0.15) is 0 Å². The van der Waals surface area contributed by atoms with Crippen molar-refractivity contribution >= 4 is 77.4 Å². The Bertz CT molecular complexity index is 25.2. The average molecular weight is 727 g/mol. The summed E-state index contributed by atoms with van der Waals surface area (Å²) in [5, 5.41) is 0. The van der Waals surface area contributed by atoms with Gasteiger partial charge in [0.15, 0.2) is 0 Å². The topological polar surface area (TPSA) is 63.0 Å².